The second-order valence-electron chi connectivity index (χ2n) is 10.7. The number of para-hydroxylation sites is 1. The number of rotatable bonds is 12. The molecule has 6 rings (SSSR count). The Hall–Kier alpha value is -5.86. The molecule has 0 radical (unpaired) electrons. The number of nitro groups is 1. The summed E-state index contributed by atoms with van der Waals surface area (Å²) in [6.45, 7) is 0.830. The molecule has 0 heterocycles. The van der Waals surface area contributed by atoms with Crippen LogP contribution in [0, 0.1) is 10.1 Å². The Labute approximate surface area is 267 Å². The minimum atomic E-state index is -1.07. The quantitative estimate of drug-likeness (QED) is 0.0799. The monoisotopic (exact) mass is 608 g/mol. The van der Waals surface area contributed by atoms with Crippen molar-refractivity contribution in [2.45, 2.75) is 25.4 Å². The molecule has 1 atom stereocenters. The van der Waals surface area contributed by atoms with Gasteiger partial charge in [-0.1, -0.05) is 84.9 Å². The number of nitrogens with zero attached hydrogens (tertiary/aromatic N) is 4. The van der Waals surface area contributed by atoms with E-state index in [0.717, 1.165) is 33.9 Å². The van der Waals surface area contributed by atoms with Crippen molar-refractivity contribution in [1.82, 2.24) is 0 Å². The van der Waals surface area contributed by atoms with Crippen molar-refractivity contribution in [3.05, 3.63) is 185 Å². The Morgan fingerprint density at radius 3 is 1.89 bits per heavy atom. The second kappa shape index (κ2) is 14.3. The lowest BCUT2D eigenvalue weighted by atomic mass is 10.0. The molecule has 0 fully saturated rings. The molecular formula is C38H32N4O4. The minimum Gasteiger partial charge on any atom is -0.489 e. The molecule has 0 saturated heterocycles. The molecule has 1 aliphatic carbocycles. The zero-order valence-corrected chi connectivity index (χ0v) is 25.1. The molecule has 228 valence electrons. The summed E-state index contributed by atoms with van der Waals surface area (Å²) in [5.41, 5.74) is 4.47. The van der Waals surface area contributed by atoms with Gasteiger partial charge in [0.2, 0.25) is 5.72 Å². The van der Waals surface area contributed by atoms with Gasteiger partial charge in [-0.2, -0.15) is 5.11 Å². The van der Waals surface area contributed by atoms with E-state index >= 15 is 0 Å². The fourth-order valence-corrected chi connectivity index (χ4v) is 5.00. The fraction of sp³-hybridized carbons (Fsp3) is 0.105. The van der Waals surface area contributed by atoms with E-state index in [2.05, 4.69) is 33.3 Å². The number of hydrogen-bond donors (Lipinski definition) is 0. The summed E-state index contributed by atoms with van der Waals surface area (Å²) in [6.07, 6.45) is 6.43. The Bertz CT molecular complexity index is 1830. The van der Waals surface area contributed by atoms with E-state index in [1.807, 2.05) is 115 Å². The first kappa shape index (κ1) is 30.2. The molecule has 0 spiro atoms. The minimum absolute atomic E-state index is 0.00378. The van der Waals surface area contributed by atoms with E-state index in [0.29, 0.717) is 25.3 Å². The van der Waals surface area contributed by atoms with Gasteiger partial charge in [-0.15, -0.1) is 5.11 Å². The maximum absolute atomic E-state index is 11.1. The fourth-order valence-electron chi connectivity index (χ4n) is 5.00. The van der Waals surface area contributed by atoms with Crippen molar-refractivity contribution in [1.29, 1.82) is 0 Å². The van der Waals surface area contributed by atoms with Crippen LogP contribution in [0.3, 0.4) is 0 Å². The van der Waals surface area contributed by atoms with Crippen LogP contribution in [0.1, 0.15) is 17.5 Å². The Morgan fingerprint density at radius 2 is 1.30 bits per heavy atom. The molecule has 0 N–H and O–H groups in total. The van der Waals surface area contributed by atoms with Gasteiger partial charge < -0.3 is 14.4 Å². The highest BCUT2D eigenvalue weighted by atomic mass is 16.6. The summed E-state index contributed by atoms with van der Waals surface area (Å²) in [5, 5.41) is 20.1. The molecular weight excluding hydrogens is 576 g/mol. The predicted octanol–water partition coefficient (Wildman–Crippen LogP) is 9.85. The molecule has 5 aromatic rings. The van der Waals surface area contributed by atoms with Crippen LogP contribution in [0.5, 0.6) is 5.75 Å². The zero-order valence-electron chi connectivity index (χ0n) is 25.1. The number of azo groups is 1. The summed E-state index contributed by atoms with van der Waals surface area (Å²) in [4.78, 5) is 12.8. The molecule has 8 heteroatoms. The van der Waals surface area contributed by atoms with Crippen molar-refractivity contribution in [2.24, 2.45) is 10.2 Å². The summed E-state index contributed by atoms with van der Waals surface area (Å²) in [5.74, 6) is 0.786. The molecule has 1 unspecified atom stereocenters. The molecule has 46 heavy (non-hydrogen) atoms. The normalized spacial score (nSPS) is 15.8. The number of anilines is 2. The van der Waals surface area contributed by atoms with Gasteiger partial charge >= 0.3 is 0 Å². The molecule has 1 aliphatic rings. The summed E-state index contributed by atoms with van der Waals surface area (Å²) >= 11 is 0. The highest BCUT2D eigenvalue weighted by Gasteiger charge is 2.31. The third-order valence-electron chi connectivity index (χ3n) is 7.46. The summed E-state index contributed by atoms with van der Waals surface area (Å²) in [6, 6.07) is 44.2. The first-order chi connectivity index (χ1) is 22.6. The predicted molar refractivity (Wildman–Crippen MR) is 179 cm³/mol. The van der Waals surface area contributed by atoms with Crippen LogP contribution in [0.15, 0.2) is 174 Å². The van der Waals surface area contributed by atoms with Crippen LogP contribution in [-0.4, -0.2) is 10.6 Å². The van der Waals surface area contributed by atoms with Gasteiger partial charge in [0.25, 0.3) is 5.69 Å². The van der Waals surface area contributed by atoms with Gasteiger partial charge in [0.1, 0.15) is 12.4 Å². The van der Waals surface area contributed by atoms with Crippen molar-refractivity contribution >= 4 is 22.7 Å². The molecule has 0 bridgehead atoms. The topological polar surface area (TPSA) is 89.6 Å². The standard InChI is InChI=1S/C38H32N4O4/c43-42(44)36-18-16-32(17-19-36)39-40-38(46-29-31-12-6-2-7-13-31)26-24-35(25-27-38)41(33-14-8-3-9-15-33)34-20-22-37(23-21-34)45-28-30-10-4-1-5-11-30/h1-26H,27-29H2. The molecule has 5 aromatic carbocycles. The highest BCUT2D eigenvalue weighted by molar-refractivity contribution is 5.71. The van der Waals surface area contributed by atoms with Crippen molar-refractivity contribution in [3.63, 3.8) is 0 Å². The van der Waals surface area contributed by atoms with Crippen LogP contribution >= 0.6 is 0 Å². The first-order valence-electron chi connectivity index (χ1n) is 14.9. The number of ether oxygens (including phenoxy) is 2. The largest absolute Gasteiger partial charge is 0.489 e. The Balaban J connectivity index is 1.25. The van der Waals surface area contributed by atoms with Gasteiger partial charge in [0, 0.05) is 35.6 Å². The molecule has 0 aromatic heterocycles. The SMILES string of the molecule is O=[N+]([O-])c1ccc(N=NC2(OCc3ccccc3)C=CC(N(c3ccccc3)c3ccc(OCc4ccccc4)cc3)=CC2)cc1. The molecule has 8 nitrogen and oxygen atoms in total. The van der Waals surface area contributed by atoms with Crippen molar-refractivity contribution in [3.8, 4) is 5.75 Å². The van der Waals surface area contributed by atoms with E-state index < -0.39 is 10.6 Å². The molecule has 0 amide bonds. The van der Waals surface area contributed by atoms with Gasteiger partial charge in [-0.25, -0.2) is 0 Å². The Kier molecular flexibility index (Phi) is 9.37. The van der Waals surface area contributed by atoms with E-state index in [-0.39, 0.29) is 5.69 Å². The maximum atomic E-state index is 11.1. The number of allylic oxidation sites excluding steroid dienone is 1. The van der Waals surface area contributed by atoms with Crippen LogP contribution in [0.2, 0.25) is 0 Å². The van der Waals surface area contributed by atoms with Crippen LogP contribution in [0.4, 0.5) is 22.7 Å². The summed E-state index contributed by atoms with van der Waals surface area (Å²) in [7, 11) is 0. The number of nitro benzene ring substituents is 1. The Morgan fingerprint density at radius 1 is 0.717 bits per heavy atom. The van der Waals surface area contributed by atoms with Crippen molar-refractivity contribution in [2.75, 3.05) is 4.90 Å². The number of non-ortho nitro benzene ring substituents is 1. The van der Waals surface area contributed by atoms with Crippen molar-refractivity contribution < 1.29 is 14.4 Å². The van der Waals surface area contributed by atoms with Gasteiger partial charge in [0.05, 0.1) is 17.2 Å². The number of hydrogen-bond acceptors (Lipinski definition) is 7. The molecule has 0 saturated carbocycles. The van der Waals surface area contributed by atoms with Crippen LogP contribution < -0.4 is 9.64 Å². The lowest BCUT2D eigenvalue weighted by Crippen LogP contribution is -2.30. The first-order valence-corrected chi connectivity index (χ1v) is 14.9. The van der Waals surface area contributed by atoms with Gasteiger partial charge in [-0.05, 0) is 71.8 Å². The van der Waals surface area contributed by atoms with E-state index in [9.17, 15) is 10.1 Å². The lowest BCUT2D eigenvalue weighted by Gasteiger charge is -2.32. The van der Waals surface area contributed by atoms with Gasteiger partial charge in [-0.3, -0.25) is 10.1 Å². The van der Waals surface area contributed by atoms with Crippen LogP contribution in [0.25, 0.3) is 0 Å². The van der Waals surface area contributed by atoms with E-state index in [1.165, 1.54) is 12.1 Å². The number of benzene rings is 5. The average Bonchev–Trinajstić information content (AvgIpc) is 3.12. The third-order valence-corrected chi connectivity index (χ3v) is 7.46. The third kappa shape index (κ3) is 7.61. The average molecular weight is 609 g/mol. The molecule has 0 aliphatic heterocycles. The smallest absolute Gasteiger partial charge is 0.269 e. The van der Waals surface area contributed by atoms with Gasteiger partial charge in [0.15, 0.2) is 0 Å². The zero-order chi connectivity index (χ0) is 31.6. The van der Waals surface area contributed by atoms with E-state index in [4.69, 9.17) is 9.47 Å². The highest BCUT2D eigenvalue weighted by Crippen LogP contribution is 2.37. The maximum Gasteiger partial charge on any atom is 0.269 e. The lowest BCUT2D eigenvalue weighted by molar-refractivity contribution is -0.384. The van der Waals surface area contributed by atoms with Crippen LogP contribution in [-0.2, 0) is 18.0 Å². The van der Waals surface area contributed by atoms with E-state index in [1.54, 1.807) is 12.1 Å². The second-order valence-corrected chi connectivity index (χ2v) is 10.7. The summed E-state index contributed by atoms with van der Waals surface area (Å²) < 4.78 is 12.5.